The van der Waals surface area contributed by atoms with E-state index in [1.54, 1.807) is 27.8 Å². The van der Waals surface area contributed by atoms with Crippen LogP contribution < -0.4 is 10.6 Å². The van der Waals surface area contributed by atoms with Crippen molar-refractivity contribution in [1.29, 1.82) is 0 Å². The topological polar surface area (TPSA) is 81.2 Å². The average Bonchev–Trinajstić information content (AvgIpc) is 3.18. The molecule has 32 heavy (non-hydrogen) atoms. The number of nitrogens with two attached hydrogens (primary N) is 1. The molecule has 168 valence electrons. The van der Waals surface area contributed by atoms with Crippen molar-refractivity contribution in [3.05, 3.63) is 75.9 Å². The fraction of sp³-hybridized carbons (Fsp3) is 0.292. The number of aromatic nitrogens is 2. The number of amides is 2. The van der Waals surface area contributed by atoms with Gasteiger partial charge < -0.3 is 5.73 Å². The van der Waals surface area contributed by atoms with Gasteiger partial charge in [-0.3, -0.25) is 14.5 Å². The molecule has 8 heteroatoms. The van der Waals surface area contributed by atoms with Gasteiger partial charge in [0.25, 0.3) is 0 Å². The van der Waals surface area contributed by atoms with Crippen LogP contribution in [0.2, 0.25) is 10.0 Å². The summed E-state index contributed by atoms with van der Waals surface area (Å²) in [7, 11) is 0. The highest BCUT2D eigenvalue weighted by molar-refractivity contribution is 6.42. The second kappa shape index (κ2) is 9.76. The zero-order chi connectivity index (χ0) is 23.5. The predicted octanol–water partition coefficient (Wildman–Crippen LogP) is 5.28. The summed E-state index contributed by atoms with van der Waals surface area (Å²) in [5, 5.41) is 5.61. The normalized spacial score (nSPS) is 11.4. The van der Waals surface area contributed by atoms with E-state index in [0.29, 0.717) is 28.1 Å². The number of primary amides is 1. The van der Waals surface area contributed by atoms with Crippen LogP contribution in [0.1, 0.15) is 44.9 Å². The van der Waals surface area contributed by atoms with Gasteiger partial charge in [0.15, 0.2) is 0 Å². The maximum atomic E-state index is 13.2. The summed E-state index contributed by atoms with van der Waals surface area (Å²) >= 11 is 12.4. The average molecular weight is 473 g/mol. The first-order chi connectivity index (χ1) is 15.1. The summed E-state index contributed by atoms with van der Waals surface area (Å²) in [4.78, 5) is 26.2. The number of anilines is 1. The first kappa shape index (κ1) is 23.8. The molecule has 6 nitrogen and oxygen atoms in total. The van der Waals surface area contributed by atoms with Crippen LogP contribution in [0.3, 0.4) is 0 Å². The number of carbonyl (C=O) groups excluding carboxylic acids is 2. The van der Waals surface area contributed by atoms with Crippen molar-refractivity contribution < 1.29 is 9.59 Å². The van der Waals surface area contributed by atoms with Crippen molar-refractivity contribution in [1.82, 2.24) is 9.78 Å². The van der Waals surface area contributed by atoms with Gasteiger partial charge in [-0.05, 0) is 23.8 Å². The number of nitrogens with zero attached hydrogens (tertiary/aromatic N) is 3. The lowest BCUT2D eigenvalue weighted by Crippen LogP contribution is -2.33. The molecule has 0 spiro atoms. The molecule has 0 unspecified atom stereocenters. The van der Waals surface area contributed by atoms with Gasteiger partial charge in [-0.2, -0.15) is 5.10 Å². The minimum absolute atomic E-state index is 0.000425. The Labute approximate surface area is 197 Å². The van der Waals surface area contributed by atoms with E-state index in [2.05, 4.69) is 20.8 Å². The van der Waals surface area contributed by atoms with Gasteiger partial charge >= 0.3 is 0 Å². The van der Waals surface area contributed by atoms with Gasteiger partial charge in [0.2, 0.25) is 11.8 Å². The Morgan fingerprint density at radius 2 is 1.69 bits per heavy atom. The molecule has 0 saturated heterocycles. The van der Waals surface area contributed by atoms with Crippen LogP contribution in [0.5, 0.6) is 0 Å². The molecule has 0 atom stereocenters. The summed E-state index contributed by atoms with van der Waals surface area (Å²) in [6, 6.07) is 16.7. The SMILES string of the molecule is CC(C)(C)c1cc(N(Cc2ccccc2)C(=O)CCC(N)=O)n(-c2ccc(Cl)c(Cl)c2)n1. The third-order valence-corrected chi connectivity index (χ3v) is 5.69. The van der Waals surface area contributed by atoms with Crippen LogP contribution in [-0.2, 0) is 21.5 Å². The van der Waals surface area contributed by atoms with Crippen molar-refractivity contribution in [2.75, 3.05) is 4.90 Å². The van der Waals surface area contributed by atoms with E-state index >= 15 is 0 Å². The lowest BCUT2D eigenvalue weighted by atomic mass is 9.92. The number of hydrogen-bond acceptors (Lipinski definition) is 3. The number of hydrogen-bond donors (Lipinski definition) is 1. The molecule has 0 fully saturated rings. The van der Waals surface area contributed by atoms with Crippen LogP contribution >= 0.6 is 23.2 Å². The molecule has 0 aliphatic rings. The first-order valence-corrected chi connectivity index (χ1v) is 11.0. The highest BCUT2D eigenvalue weighted by atomic mass is 35.5. The third-order valence-electron chi connectivity index (χ3n) is 4.95. The Morgan fingerprint density at radius 3 is 2.28 bits per heavy atom. The number of benzene rings is 2. The van der Waals surface area contributed by atoms with Gasteiger partial charge in [0.1, 0.15) is 5.82 Å². The molecule has 2 N–H and O–H groups in total. The predicted molar refractivity (Wildman–Crippen MR) is 128 cm³/mol. The van der Waals surface area contributed by atoms with Gasteiger partial charge in [-0.25, -0.2) is 4.68 Å². The Bertz CT molecular complexity index is 1120. The van der Waals surface area contributed by atoms with E-state index in [0.717, 1.165) is 11.3 Å². The Hall–Kier alpha value is -2.83. The zero-order valence-corrected chi connectivity index (χ0v) is 19.8. The summed E-state index contributed by atoms with van der Waals surface area (Å²) in [6.07, 6.45) is -0.0310. The van der Waals surface area contributed by atoms with E-state index < -0.39 is 5.91 Å². The molecule has 0 radical (unpaired) electrons. The molecular formula is C24H26Cl2N4O2. The molecule has 0 bridgehead atoms. The summed E-state index contributed by atoms with van der Waals surface area (Å²) in [6.45, 7) is 6.47. The fourth-order valence-electron chi connectivity index (χ4n) is 3.16. The van der Waals surface area contributed by atoms with Gasteiger partial charge in [0, 0.05) is 24.3 Å². The third kappa shape index (κ3) is 5.69. The van der Waals surface area contributed by atoms with Gasteiger partial charge in [0.05, 0.1) is 28.0 Å². The quantitative estimate of drug-likeness (QED) is 0.507. The van der Waals surface area contributed by atoms with Crippen molar-refractivity contribution in [2.45, 2.75) is 45.6 Å². The minimum Gasteiger partial charge on any atom is -0.370 e. The van der Waals surface area contributed by atoms with Crippen molar-refractivity contribution in [3.63, 3.8) is 0 Å². The second-order valence-corrected chi connectivity index (χ2v) is 9.39. The van der Waals surface area contributed by atoms with E-state index in [9.17, 15) is 9.59 Å². The standard InChI is InChI=1S/C24H26Cl2N4O2/c1-24(2,3)20-14-22(30(28-20)17-9-10-18(25)19(26)13-17)29(23(32)12-11-21(27)31)15-16-7-5-4-6-8-16/h4-10,13-14H,11-12,15H2,1-3H3,(H2,27,31). The summed E-state index contributed by atoms with van der Waals surface area (Å²) < 4.78 is 1.69. The smallest absolute Gasteiger partial charge is 0.228 e. The Kier molecular flexibility index (Phi) is 7.26. The van der Waals surface area contributed by atoms with Crippen LogP contribution in [0.15, 0.2) is 54.6 Å². The van der Waals surface area contributed by atoms with Crippen molar-refractivity contribution in [3.8, 4) is 5.69 Å². The lowest BCUT2D eigenvalue weighted by molar-refractivity contribution is -0.123. The van der Waals surface area contributed by atoms with Crippen molar-refractivity contribution >= 4 is 40.8 Å². The Balaban J connectivity index is 2.14. The molecule has 3 rings (SSSR count). The molecule has 2 aromatic carbocycles. The number of halogens is 2. The Morgan fingerprint density at radius 1 is 1.00 bits per heavy atom. The maximum Gasteiger partial charge on any atom is 0.228 e. The molecular weight excluding hydrogens is 447 g/mol. The number of carbonyl (C=O) groups is 2. The summed E-state index contributed by atoms with van der Waals surface area (Å²) in [5.41, 5.74) is 7.45. The van der Waals surface area contributed by atoms with Crippen LogP contribution in [0.4, 0.5) is 5.82 Å². The van der Waals surface area contributed by atoms with E-state index in [-0.39, 0.29) is 24.2 Å². The van der Waals surface area contributed by atoms with Crippen molar-refractivity contribution in [2.24, 2.45) is 5.73 Å². The lowest BCUT2D eigenvalue weighted by Gasteiger charge is -2.24. The molecule has 2 amide bonds. The highest BCUT2D eigenvalue weighted by Crippen LogP contribution is 2.32. The molecule has 0 saturated carbocycles. The maximum absolute atomic E-state index is 13.2. The van der Waals surface area contributed by atoms with Crippen LogP contribution in [0, 0.1) is 0 Å². The number of rotatable bonds is 7. The minimum atomic E-state index is -0.522. The molecule has 1 heterocycles. The van der Waals surface area contributed by atoms with E-state index in [4.69, 9.17) is 34.0 Å². The second-order valence-electron chi connectivity index (χ2n) is 8.58. The fourth-order valence-corrected chi connectivity index (χ4v) is 3.46. The molecule has 0 aliphatic heterocycles. The molecule has 3 aromatic rings. The zero-order valence-electron chi connectivity index (χ0n) is 18.3. The van der Waals surface area contributed by atoms with Crippen LogP contribution in [0.25, 0.3) is 5.69 Å². The monoisotopic (exact) mass is 472 g/mol. The van der Waals surface area contributed by atoms with E-state index in [1.807, 2.05) is 36.4 Å². The van der Waals surface area contributed by atoms with E-state index in [1.165, 1.54) is 0 Å². The molecule has 1 aromatic heterocycles. The summed E-state index contributed by atoms with van der Waals surface area (Å²) in [5.74, 6) is -0.174. The largest absolute Gasteiger partial charge is 0.370 e. The van der Waals surface area contributed by atoms with Gasteiger partial charge in [-0.1, -0.05) is 74.3 Å². The highest BCUT2D eigenvalue weighted by Gasteiger charge is 2.27. The van der Waals surface area contributed by atoms with Crippen LogP contribution in [-0.4, -0.2) is 21.6 Å². The van der Waals surface area contributed by atoms with Gasteiger partial charge in [-0.15, -0.1) is 0 Å². The first-order valence-electron chi connectivity index (χ1n) is 10.2. The molecule has 0 aliphatic carbocycles.